The van der Waals surface area contributed by atoms with Gasteiger partial charge in [-0.05, 0) is 61.8 Å². The second kappa shape index (κ2) is 4.47. The number of rotatable bonds is 2. The number of hydrogen-bond acceptors (Lipinski definition) is 1. The molecule has 0 amide bonds. The molecule has 1 aromatic carbocycles. The van der Waals surface area contributed by atoms with Crippen LogP contribution in [0.15, 0.2) is 30.3 Å². The number of hydrogen-bond donors (Lipinski definition) is 0. The summed E-state index contributed by atoms with van der Waals surface area (Å²) in [4.78, 5) is 12.8. The van der Waals surface area contributed by atoms with Crippen LogP contribution in [0.25, 0.3) is 0 Å². The van der Waals surface area contributed by atoms with Crippen molar-refractivity contribution >= 4 is 5.78 Å². The molecule has 100 valence electrons. The molecule has 0 saturated heterocycles. The van der Waals surface area contributed by atoms with Gasteiger partial charge >= 0.3 is 0 Å². The summed E-state index contributed by atoms with van der Waals surface area (Å²) in [6.07, 6.45) is 7.47. The van der Waals surface area contributed by atoms with Crippen molar-refractivity contribution in [2.24, 2.45) is 29.6 Å². The zero-order chi connectivity index (χ0) is 12.8. The zero-order valence-electron chi connectivity index (χ0n) is 11.4. The van der Waals surface area contributed by atoms with Crippen molar-refractivity contribution in [3.63, 3.8) is 0 Å². The van der Waals surface area contributed by atoms with Crippen LogP contribution < -0.4 is 0 Å². The largest absolute Gasteiger partial charge is 0.299 e. The predicted octanol–water partition coefficient (Wildman–Crippen LogP) is 3.87. The van der Waals surface area contributed by atoms with Gasteiger partial charge in [0.25, 0.3) is 0 Å². The van der Waals surface area contributed by atoms with Crippen LogP contribution in [0.2, 0.25) is 0 Å². The van der Waals surface area contributed by atoms with E-state index in [1.54, 1.807) is 0 Å². The summed E-state index contributed by atoms with van der Waals surface area (Å²) in [5, 5.41) is 0. The van der Waals surface area contributed by atoms with Gasteiger partial charge in [-0.1, -0.05) is 30.3 Å². The number of carbonyl (C=O) groups excluding carboxylic acids is 1. The first-order valence-electron chi connectivity index (χ1n) is 7.87. The fourth-order valence-electron chi connectivity index (χ4n) is 5.13. The Morgan fingerprint density at radius 2 is 1.58 bits per heavy atom. The highest BCUT2D eigenvalue weighted by molar-refractivity contribution is 5.84. The number of ketones is 1. The smallest absolute Gasteiger partial charge is 0.139 e. The maximum atomic E-state index is 12.8. The molecule has 0 aliphatic heterocycles. The van der Waals surface area contributed by atoms with E-state index in [2.05, 4.69) is 30.3 Å². The molecule has 1 aromatic rings. The van der Waals surface area contributed by atoms with Gasteiger partial charge in [0.15, 0.2) is 0 Å². The Labute approximate surface area is 115 Å². The fourth-order valence-corrected chi connectivity index (χ4v) is 5.13. The summed E-state index contributed by atoms with van der Waals surface area (Å²) in [6.45, 7) is 0. The summed E-state index contributed by atoms with van der Waals surface area (Å²) >= 11 is 0. The Balaban J connectivity index is 1.62. The van der Waals surface area contributed by atoms with Crippen LogP contribution in [0.5, 0.6) is 0 Å². The van der Waals surface area contributed by atoms with Gasteiger partial charge in [-0.2, -0.15) is 0 Å². The van der Waals surface area contributed by atoms with Crippen molar-refractivity contribution in [3.05, 3.63) is 35.9 Å². The van der Waals surface area contributed by atoms with Crippen molar-refractivity contribution in [2.45, 2.75) is 38.5 Å². The van der Waals surface area contributed by atoms with Gasteiger partial charge in [0, 0.05) is 11.8 Å². The zero-order valence-corrected chi connectivity index (χ0v) is 11.4. The van der Waals surface area contributed by atoms with E-state index >= 15 is 0 Å². The van der Waals surface area contributed by atoms with Crippen molar-refractivity contribution in [2.75, 3.05) is 0 Å². The Kier molecular flexibility index (Phi) is 2.75. The van der Waals surface area contributed by atoms with E-state index in [4.69, 9.17) is 0 Å². The molecule has 4 aliphatic carbocycles. The lowest BCUT2D eigenvalue weighted by Gasteiger charge is -2.38. The quantitative estimate of drug-likeness (QED) is 0.783. The lowest BCUT2D eigenvalue weighted by molar-refractivity contribution is -0.127. The predicted molar refractivity (Wildman–Crippen MR) is 75.7 cm³/mol. The van der Waals surface area contributed by atoms with E-state index in [1.807, 2.05) is 0 Å². The maximum absolute atomic E-state index is 12.8. The van der Waals surface area contributed by atoms with Gasteiger partial charge in [0.1, 0.15) is 5.78 Å². The minimum atomic E-state index is 0.322. The molecule has 1 nitrogen and oxygen atoms in total. The van der Waals surface area contributed by atoms with E-state index in [-0.39, 0.29) is 0 Å². The number of benzene rings is 1. The fraction of sp³-hybridized carbons (Fsp3) is 0.611. The Morgan fingerprint density at radius 3 is 2.26 bits per heavy atom. The van der Waals surface area contributed by atoms with Crippen LogP contribution in [-0.4, -0.2) is 5.78 Å². The molecule has 0 heterocycles. The number of fused-ring (bicyclic) bond motifs is 1. The molecule has 0 N–H and O–H groups in total. The lowest BCUT2D eigenvalue weighted by Crippen LogP contribution is -2.28. The SMILES string of the molecule is O=C1C2C[C@@H]3CC(C[C@H](C2)C3)C1Cc1ccccc1. The highest BCUT2D eigenvalue weighted by atomic mass is 16.1. The summed E-state index contributed by atoms with van der Waals surface area (Å²) < 4.78 is 0. The Bertz CT molecular complexity index is 464. The molecule has 0 radical (unpaired) electrons. The normalized spacial score (nSPS) is 40.4. The molecular weight excluding hydrogens is 232 g/mol. The van der Waals surface area contributed by atoms with Crippen LogP contribution >= 0.6 is 0 Å². The number of Topliss-reactive ketones (excluding diaryl/α,β-unsaturated/α-hetero) is 1. The van der Waals surface area contributed by atoms with Gasteiger partial charge in [-0.15, -0.1) is 0 Å². The second-order valence-corrected chi connectivity index (χ2v) is 7.07. The summed E-state index contributed by atoms with van der Waals surface area (Å²) in [5.74, 6) is 3.76. The third-order valence-electron chi connectivity index (χ3n) is 5.81. The van der Waals surface area contributed by atoms with Crippen LogP contribution in [0, 0.1) is 29.6 Å². The van der Waals surface area contributed by atoms with Crippen LogP contribution in [-0.2, 0) is 11.2 Å². The van der Waals surface area contributed by atoms with E-state index < -0.39 is 0 Å². The molecule has 4 saturated carbocycles. The molecule has 4 bridgehead atoms. The maximum Gasteiger partial charge on any atom is 0.139 e. The van der Waals surface area contributed by atoms with Crippen LogP contribution in [0.3, 0.4) is 0 Å². The van der Waals surface area contributed by atoms with Crippen LogP contribution in [0.1, 0.15) is 37.7 Å². The van der Waals surface area contributed by atoms with Gasteiger partial charge in [-0.3, -0.25) is 4.79 Å². The highest BCUT2D eigenvalue weighted by Crippen LogP contribution is 2.52. The molecule has 19 heavy (non-hydrogen) atoms. The Hall–Kier alpha value is -1.11. The van der Waals surface area contributed by atoms with Crippen LogP contribution in [0.4, 0.5) is 0 Å². The molecule has 3 unspecified atom stereocenters. The molecule has 1 heteroatoms. The number of carbonyl (C=O) groups is 1. The van der Waals surface area contributed by atoms with E-state index in [0.29, 0.717) is 23.5 Å². The molecule has 5 atom stereocenters. The second-order valence-electron chi connectivity index (χ2n) is 7.07. The van der Waals surface area contributed by atoms with Crippen molar-refractivity contribution in [1.29, 1.82) is 0 Å². The lowest BCUT2D eigenvalue weighted by atomic mass is 9.67. The summed E-state index contributed by atoms with van der Waals surface area (Å²) in [5.41, 5.74) is 1.35. The topological polar surface area (TPSA) is 17.1 Å². The average molecular weight is 254 g/mol. The minimum Gasteiger partial charge on any atom is -0.299 e. The molecular formula is C18H22O. The standard InChI is InChI=1S/C18H22O/c19-18-16-9-13-6-14(10-16)8-15(7-13)17(18)11-12-4-2-1-3-5-12/h1-5,13-17H,6-11H2/t13-,14+,15?,16?,17?. The molecule has 0 aromatic heterocycles. The molecule has 4 fully saturated rings. The van der Waals surface area contributed by atoms with E-state index in [0.717, 1.165) is 18.3 Å². The summed E-state index contributed by atoms with van der Waals surface area (Å²) in [6, 6.07) is 10.6. The van der Waals surface area contributed by atoms with Gasteiger partial charge < -0.3 is 0 Å². The molecule has 0 spiro atoms. The molecule has 4 aliphatic rings. The first-order chi connectivity index (χ1) is 9.29. The summed E-state index contributed by atoms with van der Waals surface area (Å²) in [7, 11) is 0. The third kappa shape index (κ3) is 2.04. The Morgan fingerprint density at radius 1 is 0.895 bits per heavy atom. The van der Waals surface area contributed by atoms with Gasteiger partial charge in [0.2, 0.25) is 0 Å². The van der Waals surface area contributed by atoms with Crippen molar-refractivity contribution < 1.29 is 4.79 Å². The van der Waals surface area contributed by atoms with E-state index in [1.165, 1.54) is 37.7 Å². The van der Waals surface area contributed by atoms with Gasteiger partial charge in [-0.25, -0.2) is 0 Å². The van der Waals surface area contributed by atoms with Crippen molar-refractivity contribution in [1.82, 2.24) is 0 Å². The highest BCUT2D eigenvalue weighted by Gasteiger charge is 2.47. The van der Waals surface area contributed by atoms with E-state index in [9.17, 15) is 4.79 Å². The average Bonchev–Trinajstić information content (AvgIpc) is 2.56. The molecule has 5 rings (SSSR count). The van der Waals surface area contributed by atoms with Gasteiger partial charge in [0.05, 0.1) is 0 Å². The monoisotopic (exact) mass is 254 g/mol. The minimum absolute atomic E-state index is 0.322. The van der Waals surface area contributed by atoms with Crippen molar-refractivity contribution in [3.8, 4) is 0 Å². The first-order valence-corrected chi connectivity index (χ1v) is 7.87. The third-order valence-corrected chi connectivity index (χ3v) is 5.81. The first kappa shape index (κ1) is 11.7.